The fraction of sp³-hybridized carbons (Fsp3) is 0.474. The summed E-state index contributed by atoms with van der Waals surface area (Å²) < 4.78 is 17.5. The molecule has 0 atom stereocenters. The lowest BCUT2D eigenvalue weighted by atomic mass is 10.0. The summed E-state index contributed by atoms with van der Waals surface area (Å²) >= 11 is 1.39. The Morgan fingerprint density at radius 1 is 1.17 bits per heavy atom. The summed E-state index contributed by atoms with van der Waals surface area (Å²) in [5, 5.41) is 0. The number of ether oxygens (including phenoxy) is 2. The summed E-state index contributed by atoms with van der Waals surface area (Å²) in [7, 11) is 0. The number of hydrogen-bond donors (Lipinski definition) is 0. The first-order valence-electron chi connectivity index (χ1n) is 7.89. The first kappa shape index (κ1) is 20.0. The molecule has 4 heteroatoms. The molecule has 1 aliphatic rings. The second-order valence-corrected chi connectivity index (χ2v) is 6.53. The largest absolute Gasteiger partial charge is 0.343 e. The molecule has 1 aliphatic heterocycles. The molecular weight excluding hydrogens is 308 g/mol. The van der Waals surface area contributed by atoms with E-state index < -0.39 is 5.79 Å². The molecule has 0 saturated carbocycles. The molecule has 0 aromatic heterocycles. The molecule has 0 aromatic carbocycles. The van der Waals surface area contributed by atoms with Crippen LogP contribution in [0.3, 0.4) is 0 Å². The van der Waals surface area contributed by atoms with E-state index in [1.54, 1.807) is 6.08 Å². The molecule has 1 saturated heterocycles. The van der Waals surface area contributed by atoms with Crippen molar-refractivity contribution in [3.63, 3.8) is 0 Å². The lowest BCUT2D eigenvalue weighted by Crippen LogP contribution is -2.33. The Morgan fingerprint density at radius 3 is 2.43 bits per heavy atom. The van der Waals surface area contributed by atoms with Gasteiger partial charge in [-0.3, -0.25) is 0 Å². The summed E-state index contributed by atoms with van der Waals surface area (Å²) in [4.78, 5) is 1.11. The van der Waals surface area contributed by atoms with Crippen molar-refractivity contribution >= 4 is 12.0 Å². The van der Waals surface area contributed by atoms with Crippen molar-refractivity contribution in [3.05, 3.63) is 59.1 Å². The second-order valence-electron chi connectivity index (χ2n) is 5.48. The Labute approximate surface area is 145 Å². The Balaban J connectivity index is 2.61. The van der Waals surface area contributed by atoms with Gasteiger partial charge in [0.1, 0.15) is 0 Å². The summed E-state index contributed by atoms with van der Waals surface area (Å²) in [5.41, 5.74) is 2.24. The molecule has 0 radical (unpaired) electrons. The van der Waals surface area contributed by atoms with Crippen LogP contribution in [0.25, 0.3) is 0 Å². The van der Waals surface area contributed by atoms with E-state index in [-0.39, 0.29) is 0 Å². The summed E-state index contributed by atoms with van der Waals surface area (Å²) in [5.74, 6) is -0.723. The predicted molar refractivity (Wildman–Crippen MR) is 99.1 cm³/mol. The van der Waals surface area contributed by atoms with E-state index in [1.165, 1.54) is 17.6 Å². The smallest absolute Gasteiger partial charge is 0.197 e. The van der Waals surface area contributed by atoms with Crippen LogP contribution < -0.4 is 0 Å². The van der Waals surface area contributed by atoms with Crippen LogP contribution in [-0.4, -0.2) is 25.6 Å². The lowest BCUT2D eigenvalue weighted by molar-refractivity contribution is -0.132. The minimum Gasteiger partial charge on any atom is -0.343 e. The van der Waals surface area contributed by atoms with Crippen molar-refractivity contribution in [3.8, 4) is 0 Å². The molecule has 23 heavy (non-hydrogen) atoms. The zero-order chi connectivity index (χ0) is 17.1. The molecular formula is C19H28O3S. The number of allylic oxidation sites excluding steroid dienone is 7. The molecule has 0 aromatic rings. The fourth-order valence-corrected chi connectivity index (χ4v) is 2.62. The van der Waals surface area contributed by atoms with Crippen LogP contribution in [0.4, 0.5) is 0 Å². The van der Waals surface area contributed by atoms with Crippen molar-refractivity contribution < 1.29 is 13.7 Å². The maximum absolute atomic E-state index is 5.89. The van der Waals surface area contributed by atoms with Gasteiger partial charge in [0.25, 0.3) is 0 Å². The molecule has 128 valence electrons. The van der Waals surface area contributed by atoms with Crippen molar-refractivity contribution in [2.75, 3.05) is 19.8 Å². The molecule has 0 bridgehead atoms. The Morgan fingerprint density at radius 2 is 1.87 bits per heavy atom. The monoisotopic (exact) mass is 336 g/mol. The molecule has 0 amide bonds. The van der Waals surface area contributed by atoms with Crippen LogP contribution >= 0.6 is 12.0 Å². The van der Waals surface area contributed by atoms with E-state index in [0.717, 1.165) is 10.5 Å². The normalized spacial score (nSPS) is 18.4. The zero-order valence-corrected chi connectivity index (χ0v) is 15.4. The standard InChI is InChI=1S/C19H28O3S/c1-6-8-18(9-7-2)19(20-14-15-21-19)12-13-22-23-17(5)11-10-16(3)4/h6-11H,1,12-15H2,2-5H3/b9-7-,17-11+,18-8+. The predicted octanol–water partition coefficient (Wildman–Crippen LogP) is 5.34. The van der Waals surface area contributed by atoms with Crippen molar-refractivity contribution in [2.24, 2.45) is 0 Å². The molecule has 0 unspecified atom stereocenters. The van der Waals surface area contributed by atoms with Crippen LogP contribution in [0.2, 0.25) is 0 Å². The first-order chi connectivity index (χ1) is 11.0. The van der Waals surface area contributed by atoms with E-state index >= 15 is 0 Å². The molecule has 0 spiro atoms. The minimum absolute atomic E-state index is 0.538. The Bertz CT molecular complexity index is 491. The Hall–Kier alpha value is -1.07. The van der Waals surface area contributed by atoms with Gasteiger partial charge in [-0.2, -0.15) is 0 Å². The molecule has 0 N–H and O–H groups in total. The van der Waals surface area contributed by atoms with E-state index in [2.05, 4.69) is 32.6 Å². The summed E-state index contributed by atoms with van der Waals surface area (Å²) in [6, 6.07) is 0. The van der Waals surface area contributed by atoms with Crippen LogP contribution in [0.5, 0.6) is 0 Å². The fourth-order valence-electron chi connectivity index (χ4n) is 2.15. The maximum atomic E-state index is 5.89. The molecule has 3 nitrogen and oxygen atoms in total. The average Bonchev–Trinajstić information content (AvgIpc) is 2.99. The van der Waals surface area contributed by atoms with E-state index in [4.69, 9.17) is 13.7 Å². The van der Waals surface area contributed by atoms with Gasteiger partial charge in [-0.1, -0.05) is 48.6 Å². The van der Waals surface area contributed by atoms with Gasteiger partial charge >= 0.3 is 0 Å². The lowest BCUT2D eigenvalue weighted by Gasteiger charge is -2.28. The number of hydrogen-bond acceptors (Lipinski definition) is 4. The highest BCUT2D eigenvalue weighted by molar-refractivity contribution is 7.98. The van der Waals surface area contributed by atoms with Crippen molar-refractivity contribution in [1.82, 2.24) is 0 Å². The average molecular weight is 336 g/mol. The third-order valence-electron chi connectivity index (χ3n) is 3.19. The van der Waals surface area contributed by atoms with Gasteiger partial charge in [-0.05, 0) is 27.7 Å². The topological polar surface area (TPSA) is 27.7 Å². The van der Waals surface area contributed by atoms with Gasteiger partial charge in [0.2, 0.25) is 0 Å². The van der Waals surface area contributed by atoms with Gasteiger partial charge < -0.3 is 13.7 Å². The first-order valence-corrected chi connectivity index (χ1v) is 8.63. The number of rotatable bonds is 9. The van der Waals surface area contributed by atoms with E-state index in [9.17, 15) is 0 Å². The SMILES string of the molecule is C=C/C=C(\C=C/C)C1(CCOS/C(C)=C/C=C(C)C)OCCO1. The molecule has 0 aliphatic carbocycles. The van der Waals surface area contributed by atoms with Crippen LogP contribution in [-0.2, 0) is 13.7 Å². The molecule has 1 rings (SSSR count). The van der Waals surface area contributed by atoms with Gasteiger partial charge in [-0.15, -0.1) is 0 Å². The van der Waals surface area contributed by atoms with Crippen LogP contribution in [0.1, 0.15) is 34.1 Å². The van der Waals surface area contributed by atoms with Gasteiger partial charge in [0.15, 0.2) is 5.79 Å². The van der Waals surface area contributed by atoms with Crippen LogP contribution in [0, 0.1) is 0 Å². The van der Waals surface area contributed by atoms with E-state index in [0.29, 0.717) is 26.2 Å². The highest BCUT2D eigenvalue weighted by atomic mass is 32.2. The molecule has 1 heterocycles. The van der Waals surface area contributed by atoms with Gasteiger partial charge in [0, 0.05) is 28.9 Å². The van der Waals surface area contributed by atoms with Gasteiger partial charge in [0.05, 0.1) is 19.8 Å². The highest BCUT2D eigenvalue weighted by Gasteiger charge is 2.38. The third-order valence-corrected chi connectivity index (χ3v) is 3.88. The van der Waals surface area contributed by atoms with Crippen molar-refractivity contribution in [1.29, 1.82) is 0 Å². The van der Waals surface area contributed by atoms with Gasteiger partial charge in [-0.25, -0.2) is 0 Å². The Kier molecular flexibility index (Phi) is 9.26. The minimum atomic E-state index is -0.723. The summed E-state index contributed by atoms with van der Waals surface area (Å²) in [6.07, 6.45) is 12.4. The third kappa shape index (κ3) is 6.92. The second kappa shape index (κ2) is 10.7. The van der Waals surface area contributed by atoms with Crippen LogP contribution in [0.15, 0.2) is 59.1 Å². The maximum Gasteiger partial charge on any atom is 0.197 e. The summed E-state index contributed by atoms with van der Waals surface area (Å²) in [6.45, 7) is 13.7. The van der Waals surface area contributed by atoms with E-state index in [1.807, 2.05) is 32.1 Å². The highest BCUT2D eigenvalue weighted by Crippen LogP contribution is 2.33. The molecule has 1 fully saturated rings. The zero-order valence-electron chi connectivity index (χ0n) is 14.6. The quantitative estimate of drug-likeness (QED) is 0.322. The van der Waals surface area contributed by atoms with Crippen molar-refractivity contribution in [2.45, 2.75) is 39.9 Å².